The van der Waals surface area contributed by atoms with Gasteiger partial charge in [-0.15, -0.1) is 0 Å². The molecule has 168 valence electrons. The lowest BCUT2D eigenvalue weighted by Gasteiger charge is -2.16. The Bertz CT molecular complexity index is 1280. The predicted molar refractivity (Wildman–Crippen MR) is 133 cm³/mol. The largest absolute Gasteiger partial charge is 0.491 e. The molecule has 1 atom stereocenters. The Kier molecular flexibility index (Phi) is 6.89. The predicted octanol–water partition coefficient (Wildman–Crippen LogP) is 5.62. The summed E-state index contributed by atoms with van der Waals surface area (Å²) in [6.45, 7) is 7.20. The maximum absolute atomic E-state index is 12.5. The molecule has 0 bridgehead atoms. The number of aryl methyl sites for hydroxylation is 2. The van der Waals surface area contributed by atoms with E-state index in [-0.39, 0.29) is 11.9 Å². The first-order valence-electron chi connectivity index (χ1n) is 11.2. The molecule has 5 nitrogen and oxygen atoms in total. The summed E-state index contributed by atoms with van der Waals surface area (Å²) in [4.78, 5) is 17.3. The molecule has 1 aromatic heterocycles. The van der Waals surface area contributed by atoms with E-state index in [2.05, 4.69) is 35.0 Å². The number of amides is 1. The van der Waals surface area contributed by atoms with Crippen molar-refractivity contribution in [3.05, 3.63) is 101 Å². The zero-order chi connectivity index (χ0) is 23.2. The van der Waals surface area contributed by atoms with Gasteiger partial charge in [-0.3, -0.25) is 4.79 Å². The number of hydrogen-bond acceptors (Lipinski definition) is 3. The van der Waals surface area contributed by atoms with Crippen molar-refractivity contribution in [2.24, 2.45) is 0 Å². The van der Waals surface area contributed by atoms with Gasteiger partial charge >= 0.3 is 0 Å². The molecule has 0 aliphatic carbocycles. The lowest BCUT2D eigenvalue weighted by atomic mass is 10.1. The highest BCUT2D eigenvalue weighted by Gasteiger charge is 2.18. The van der Waals surface area contributed by atoms with Gasteiger partial charge in [0.2, 0.25) is 5.91 Å². The molecular weight excluding hydrogens is 410 g/mol. The number of nitrogens with one attached hydrogen (secondary N) is 1. The summed E-state index contributed by atoms with van der Waals surface area (Å²) in [5, 5.41) is 3.04. The molecule has 0 aliphatic rings. The van der Waals surface area contributed by atoms with Crippen LogP contribution in [0.4, 0.5) is 0 Å². The van der Waals surface area contributed by atoms with E-state index in [1.165, 1.54) is 5.56 Å². The Morgan fingerprint density at radius 3 is 2.64 bits per heavy atom. The monoisotopic (exact) mass is 439 g/mol. The molecule has 4 aromatic rings. The molecule has 0 spiro atoms. The van der Waals surface area contributed by atoms with Gasteiger partial charge in [0.25, 0.3) is 0 Å². The van der Waals surface area contributed by atoms with Gasteiger partial charge < -0.3 is 14.6 Å². The Hall–Kier alpha value is -3.86. The van der Waals surface area contributed by atoms with Crippen LogP contribution in [0.5, 0.6) is 5.75 Å². The number of rotatable bonds is 8. The number of aromatic nitrogens is 2. The lowest BCUT2D eigenvalue weighted by molar-refractivity contribution is -0.117. The van der Waals surface area contributed by atoms with E-state index in [4.69, 9.17) is 9.72 Å². The van der Waals surface area contributed by atoms with Crippen LogP contribution in [-0.4, -0.2) is 22.1 Å². The molecule has 0 radical (unpaired) electrons. The van der Waals surface area contributed by atoms with Gasteiger partial charge in [0.15, 0.2) is 0 Å². The number of para-hydroxylation sites is 2. The van der Waals surface area contributed by atoms with Gasteiger partial charge in [-0.1, -0.05) is 54.6 Å². The van der Waals surface area contributed by atoms with Crippen LogP contribution in [0.3, 0.4) is 0 Å². The van der Waals surface area contributed by atoms with Gasteiger partial charge in [0, 0.05) is 6.08 Å². The number of benzene rings is 3. The van der Waals surface area contributed by atoms with Crippen molar-refractivity contribution in [1.82, 2.24) is 14.9 Å². The van der Waals surface area contributed by atoms with Crippen LogP contribution >= 0.6 is 0 Å². The topological polar surface area (TPSA) is 56.1 Å². The second-order valence-electron chi connectivity index (χ2n) is 8.20. The SMILES string of the molecule is Cc1ccc(C)c(OCCn2c(C(C)NC(=O)/C=C\c3ccccc3)nc3ccccc32)c1. The first kappa shape index (κ1) is 22.3. The van der Waals surface area contributed by atoms with Crippen molar-refractivity contribution in [1.29, 1.82) is 0 Å². The first-order valence-corrected chi connectivity index (χ1v) is 11.2. The fourth-order valence-electron chi connectivity index (χ4n) is 3.83. The quantitative estimate of drug-likeness (QED) is 0.362. The van der Waals surface area contributed by atoms with E-state index in [1.54, 1.807) is 6.08 Å². The molecule has 33 heavy (non-hydrogen) atoms. The third-order valence-corrected chi connectivity index (χ3v) is 5.57. The summed E-state index contributed by atoms with van der Waals surface area (Å²) < 4.78 is 8.23. The summed E-state index contributed by atoms with van der Waals surface area (Å²) in [7, 11) is 0. The summed E-state index contributed by atoms with van der Waals surface area (Å²) in [5.74, 6) is 1.55. The molecule has 0 saturated heterocycles. The normalized spacial score (nSPS) is 12.2. The smallest absolute Gasteiger partial charge is 0.244 e. The highest BCUT2D eigenvalue weighted by molar-refractivity contribution is 5.92. The van der Waals surface area contributed by atoms with Crippen molar-refractivity contribution >= 4 is 23.0 Å². The molecule has 0 fully saturated rings. The van der Waals surface area contributed by atoms with Crippen LogP contribution in [0.25, 0.3) is 17.1 Å². The minimum Gasteiger partial charge on any atom is -0.491 e. The lowest BCUT2D eigenvalue weighted by Crippen LogP contribution is -2.27. The fraction of sp³-hybridized carbons (Fsp3) is 0.214. The van der Waals surface area contributed by atoms with E-state index in [9.17, 15) is 4.79 Å². The zero-order valence-electron chi connectivity index (χ0n) is 19.3. The van der Waals surface area contributed by atoms with Gasteiger partial charge in [-0.2, -0.15) is 0 Å². The minimum atomic E-state index is -0.258. The number of carbonyl (C=O) groups excluding carboxylic acids is 1. The van der Waals surface area contributed by atoms with Gasteiger partial charge in [0.05, 0.1) is 23.6 Å². The van der Waals surface area contributed by atoms with Crippen LogP contribution in [0, 0.1) is 13.8 Å². The number of ether oxygens (including phenoxy) is 1. The summed E-state index contributed by atoms with van der Waals surface area (Å²) in [6.07, 6.45) is 3.37. The van der Waals surface area contributed by atoms with Crippen molar-refractivity contribution < 1.29 is 9.53 Å². The van der Waals surface area contributed by atoms with E-state index in [0.717, 1.165) is 33.7 Å². The average molecular weight is 440 g/mol. The molecule has 1 heterocycles. The van der Waals surface area contributed by atoms with Gasteiger partial charge in [-0.25, -0.2) is 4.98 Å². The molecule has 0 aliphatic heterocycles. The average Bonchev–Trinajstić information content (AvgIpc) is 3.19. The van der Waals surface area contributed by atoms with Crippen LogP contribution in [0.2, 0.25) is 0 Å². The van der Waals surface area contributed by atoms with Crippen molar-refractivity contribution in [3.63, 3.8) is 0 Å². The Balaban J connectivity index is 1.49. The third kappa shape index (κ3) is 5.50. The van der Waals surface area contributed by atoms with E-state index in [0.29, 0.717) is 13.2 Å². The molecule has 1 unspecified atom stereocenters. The van der Waals surface area contributed by atoms with E-state index < -0.39 is 0 Å². The first-order chi connectivity index (χ1) is 16.0. The Morgan fingerprint density at radius 2 is 1.82 bits per heavy atom. The maximum Gasteiger partial charge on any atom is 0.244 e. The van der Waals surface area contributed by atoms with Crippen LogP contribution in [-0.2, 0) is 11.3 Å². The number of hydrogen-bond donors (Lipinski definition) is 1. The molecule has 1 N–H and O–H groups in total. The molecule has 4 rings (SSSR count). The number of nitrogens with zero attached hydrogens (tertiary/aromatic N) is 2. The molecule has 3 aromatic carbocycles. The second-order valence-corrected chi connectivity index (χ2v) is 8.20. The van der Waals surface area contributed by atoms with Crippen LogP contribution in [0.15, 0.2) is 78.9 Å². The number of imidazole rings is 1. The number of carbonyl (C=O) groups is 1. The summed E-state index contributed by atoms with van der Waals surface area (Å²) in [6, 6.07) is 23.7. The van der Waals surface area contributed by atoms with E-state index in [1.807, 2.05) is 74.5 Å². The molecular formula is C28H29N3O2. The zero-order valence-corrected chi connectivity index (χ0v) is 19.3. The Labute approximate surface area is 194 Å². The highest BCUT2D eigenvalue weighted by atomic mass is 16.5. The van der Waals surface area contributed by atoms with Crippen molar-refractivity contribution in [2.45, 2.75) is 33.4 Å². The van der Waals surface area contributed by atoms with Gasteiger partial charge in [0.1, 0.15) is 18.2 Å². The van der Waals surface area contributed by atoms with Crippen LogP contribution in [0.1, 0.15) is 35.5 Å². The number of fused-ring (bicyclic) bond motifs is 1. The minimum absolute atomic E-state index is 0.156. The standard InChI is InChI=1S/C28H29N3O2/c1-20-13-14-21(2)26(19-20)33-18-17-31-25-12-8-7-11-24(25)30-28(31)22(3)29-27(32)16-15-23-9-5-4-6-10-23/h4-16,19,22H,17-18H2,1-3H3,(H,29,32)/b16-15-. The Morgan fingerprint density at radius 1 is 1.06 bits per heavy atom. The van der Waals surface area contributed by atoms with Gasteiger partial charge in [-0.05, 0) is 61.7 Å². The summed E-state index contributed by atoms with van der Waals surface area (Å²) in [5.41, 5.74) is 5.20. The van der Waals surface area contributed by atoms with Crippen molar-refractivity contribution in [3.8, 4) is 5.75 Å². The maximum atomic E-state index is 12.5. The summed E-state index contributed by atoms with van der Waals surface area (Å²) >= 11 is 0. The molecule has 1 amide bonds. The fourth-order valence-corrected chi connectivity index (χ4v) is 3.83. The second kappa shape index (κ2) is 10.2. The van der Waals surface area contributed by atoms with Crippen LogP contribution < -0.4 is 10.1 Å². The van der Waals surface area contributed by atoms with E-state index >= 15 is 0 Å². The molecule has 5 heteroatoms. The molecule has 0 saturated carbocycles. The highest BCUT2D eigenvalue weighted by Crippen LogP contribution is 2.22. The third-order valence-electron chi connectivity index (χ3n) is 5.57. The van der Waals surface area contributed by atoms with Crippen molar-refractivity contribution in [2.75, 3.05) is 6.61 Å².